The number of alkyl halides is 6. The Kier molecular flexibility index (Phi) is 7.07. The first-order valence-corrected chi connectivity index (χ1v) is 12.2. The molecule has 4 heterocycles. The number of halogens is 6. The van der Waals surface area contributed by atoms with Gasteiger partial charge in [-0.15, -0.1) is 0 Å². The summed E-state index contributed by atoms with van der Waals surface area (Å²) in [6.45, 7) is 1.31. The Balaban J connectivity index is 1.06. The van der Waals surface area contributed by atoms with Crippen LogP contribution in [0.3, 0.4) is 0 Å². The molecule has 212 valence electrons. The zero-order chi connectivity index (χ0) is 27.9. The highest BCUT2D eigenvalue weighted by Crippen LogP contribution is 2.38. The number of H-pyrrole nitrogens is 1. The highest BCUT2D eigenvalue weighted by Gasteiger charge is 2.40. The van der Waals surface area contributed by atoms with Gasteiger partial charge in [0.25, 0.3) is 5.56 Å². The average Bonchev–Trinajstić information content (AvgIpc) is 2.84. The lowest BCUT2D eigenvalue weighted by molar-refractivity contribution is -0.139. The van der Waals surface area contributed by atoms with Crippen LogP contribution < -0.4 is 20.5 Å². The van der Waals surface area contributed by atoms with Crippen LogP contribution in [0, 0.1) is 0 Å². The molecule has 0 spiro atoms. The summed E-state index contributed by atoms with van der Waals surface area (Å²) in [4.78, 5) is 31.7. The predicted molar refractivity (Wildman–Crippen MR) is 123 cm³/mol. The average molecular weight is 562 g/mol. The van der Waals surface area contributed by atoms with Crippen LogP contribution in [0.5, 0.6) is 5.75 Å². The second-order valence-electron chi connectivity index (χ2n) is 9.58. The van der Waals surface area contributed by atoms with E-state index in [4.69, 9.17) is 9.47 Å². The summed E-state index contributed by atoms with van der Waals surface area (Å²) < 4.78 is 89.6. The molecule has 16 heteroatoms. The zero-order valence-electron chi connectivity index (χ0n) is 20.3. The Morgan fingerprint density at radius 2 is 1.92 bits per heavy atom. The maximum absolute atomic E-state index is 13.2. The van der Waals surface area contributed by atoms with Gasteiger partial charge in [-0.1, -0.05) is 0 Å². The zero-order valence-corrected chi connectivity index (χ0v) is 20.3. The van der Waals surface area contributed by atoms with Crippen molar-refractivity contribution in [1.29, 1.82) is 0 Å². The van der Waals surface area contributed by atoms with Crippen LogP contribution in [0.1, 0.15) is 30.4 Å². The molecule has 1 atom stereocenters. The third-order valence-electron chi connectivity index (χ3n) is 6.96. The quantitative estimate of drug-likeness (QED) is 0.517. The number of anilines is 2. The Hall–Kier alpha value is -3.56. The fourth-order valence-corrected chi connectivity index (χ4v) is 4.90. The van der Waals surface area contributed by atoms with Crippen LogP contribution in [-0.4, -0.2) is 77.0 Å². The van der Waals surface area contributed by atoms with Crippen LogP contribution in [0.25, 0.3) is 0 Å². The second-order valence-corrected chi connectivity index (χ2v) is 9.58. The number of fused-ring (bicyclic) bond motifs is 3. The van der Waals surface area contributed by atoms with Crippen LogP contribution in [0.4, 0.5) is 37.8 Å². The van der Waals surface area contributed by atoms with Crippen molar-refractivity contribution in [1.82, 2.24) is 20.1 Å². The van der Waals surface area contributed by atoms with Gasteiger partial charge in [0.05, 0.1) is 42.6 Å². The fourth-order valence-electron chi connectivity index (χ4n) is 4.90. The molecule has 39 heavy (non-hydrogen) atoms. The van der Waals surface area contributed by atoms with E-state index >= 15 is 0 Å². The molecule has 0 unspecified atom stereocenters. The maximum Gasteiger partial charge on any atom is 0.423 e. The van der Waals surface area contributed by atoms with Gasteiger partial charge in [0, 0.05) is 31.9 Å². The minimum atomic E-state index is -4.83. The fraction of sp³-hybridized carbons (Fsp3) is 0.565. The lowest BCUT2D eigenvalue weighted by atomic mass is 9.89. The van der Waals surface area contributed by atoms with E-state index < -0.39 is 34.7 Å². The summed E-state index contributed by atoms with van der Waals surface area (Å²) in [5.41, 5.74) is -3.94. The number of pyridine rings is 1. The minimum absolute atomic E-state index is 0.0625. The molecule has 2 aliphatic heterocycles. The number of piperazine rings is 1. The van der Waals surface area contributed by atoms with Crippen LogP contribution >= 0.6 is 0 Å². The predicted octanol–water partition coefficient (Wildman–Crippen LogP) is 2.66. The van der Waals surface area contributed by atoms with E-state index in [-0.39, 0.29) is 49.5 Å². The van der Waals surface area contributed by atoms with Gasteiger partial charge in [-0.25, -0.2) is 10.1 Å². The maximum atomic E-state index is 13.2. The van der Waals surface area contributed by atoms with E-state index in [1.807, 2.05) is 4.90 Å². The summed E-state index contributed by atoms with van der Waals surface area (Å²) in [5, 5.41) is 7.89. The van der Waals surface area contributed by atoms with E-state index in [0.717, 1.165) is 18.5 Å². The Morgan fingerprint density at radius 3 is 2.64 bits per heavy atom. The van der Waals surface area contributed by atoms with Crippen molar-refractivity contribution in [3.8, 4) is 5.75 Å². The normalized spacial score (nSPS) is 22.9. The van der Waals surface area contributed by atoms with Crippen LogP contribution in [-0.2, 0) is 21.9 Å². The van der Waals surface area contributed by atoms with E-state index in [1.54, 1.807) is 10.00 Å². The number of aromatic nitrogens is 3. The smallest absolute Gasteiger partial charge is 0.423 e. The highest BCUT2D eigenvalue weighted by molar-refractivity contribution is 5.77. The molecule has 1 amide bonds. The van der Waals surface area contributed by atoms with Gasteiger partial charge >= 0.3 is 12.4 Å². The first kappa shape index (κ1) is 27.0. The van der Waals surface area contributed by atoms with Gasteiger partial charge in [-0.05, 0) is 18.9 Å². The number of hydrogen-bond acceptors (Lipinski definition) is 8. The summed E-state index contributed by atoms with van der Waals surface area (Å²) in [6.07, 6.45) is -7.01. The lowest BCUT2D eigenvalue weighted by Crippen LogP contribution is -2.58. The van der Waals surface area contributed by atoms with Crippen molar-refractivity contribution in [3.63, 3.8) is 0 Å². The molecular formula is C23H24F6N6O4. The highest BCUT2D eigenvalue weighted by atomic mass is 19.4. The number of nitrogens with zero attached hydrogens (tertiary/aromatic N) is 4. The number of hydrogen-bond donors (Lipinski definition) is 2. The number of nitrogens with one attached hydrogen (secondary N) is 2. The first-order valence-electron chi connectivity index (χ1n) is 12.2. The Bertz CT molecular complexity index is 1280. The molecule has 2 fully saturated rings. The van der Waals surface area contributed by atoms with Crippen molar-refractivity contribution < 1.29 is 40.6 Å². The SMILES string of the molecule is O=C(CCOC1CC(Nc2cn[nH]c(=O)c2C(F)(F)F)C1)N1CCN2c3ncc(C(F)(F)F)cc3OC[C@@H]2C1. The van der Waals surface area contributed by atoms with Gasteiger partial charge in [0.2, 0.25) is 5.91 Å². The standard InChI is InChI=1S/C23H24F6N6O4/c24-22(25,26)12-5-17-20(30-8-12)35-3-2-34(10-14(35)11-39-17)18(36)1-4-38-15-6-13(7-15)32-16-9-31-33-21(37)19(16)23(27,28)29/h5,8-9,13-15H,1-4,6-7,10-11H2,(H2,32,33,37)/t13?,14-,15?/m0/s1. The second kappa shape index (κ2) is 10.2. The van der Waals surface area contributed by atoms with Gasteiger partial charge in [0.1, 0.15) is 12.2 Å². The molecule has 2 aromatic heterocycles. The molecule has 3 aliphatic rings. The molecule has 1 aliphatic carbocycles. The third-order valence-corrected chi connectivity index (χ3v) is 6.96. The topological polar surface area (TPSA) is 113 Å². The summed E-state index contributed by atoms with van der Waals surface area (Å²) in [7, 11) is 0. The first-order chi connectivity index (χ1) is 18.4. The van der Waals surface area contributed by atoms with E-state index in [0.29, 0.717) is 38.3 Å². The van der Waals surface area contributed by atoms with Crippen molar-refractivity contribution >= 4 is 17.4 Å². The van der Waals surface area contributed by atoms with Crippen LogP contribution in [0.2, 0.25) is 0 Å². The van der Waals surface area contributed by atoms with Gasteiger partial charge in [-0.3, -0.25) is 9.59 Å². The summed E-state index contributed by atoms with van der Waals surface area (Å²) in [5.74, 6) is 0.229. The molecular weight excluding hydrogens is 538 g/mol. The number of rotatable bonds is 6. The van der Waals surface area contributed by atoms with Crippen molar-refractivity contribution in [2.45, 2.75) is 49.8 Å². The van der Waals surface area contributed by atoms with Gasteiger partial charge < -0.3 is 24.6 Å². The monoisotopic (exact) mass is 562 g/mol. The molecule has 2 N–H and O–H groups in total. The Morgan fingerprint density at radius 1 is 1.15 bits per heavy atom. The molecule has 0 bridgehead atoms. The molecule has 1 saturated carbocycles. The molecule has 1 saturated heterocycles. The number of ether oxygens (including phenoxy) is 2. The number of aromatic amines is 1. The van der Waals surface area contributed by atoms with E-state index in [2.05, 4.69) is 15.4 Å². The minimum Gasteiger partial charge on any atom is -0.487 e. The molecule has 0 radical (unpaired) electrons. The van der Waals surface area contributed by atoms with Crippen molar-refractivity contribution in [3.05, 3.63) is 39.9 Å². The number of amides is 1. The molecule has 2 aromatic rings. The molecule has 0 aromatic carbocycles. The third kappa shape index (κ3) is 5.74. The number of carbonyl (C=O) groups is 1. The largest absolute Gasteiger partial charge is 0.487 e. The molecule has 5 rings (SSSR count). The van der Waals surface area contributed by atoms with E-state index in [9.17, 15) is 35.9 Å². The molecule has 10 nitrogen and oxygen atoms in total. The lowest BCUT2D eigenvalue weighted by Gasteiger charge is -2.44. The summed E-state index contributed by atoms with van der Waals surface area (Å²) in [6, 6.07) is 0.346. The number of carbonyl (C=O) groups excluding carboxylic acids is 1. The van der Waals surface area contributed by atoms with Gasteiger partial charge in [-0.2, -0.15) is 31.4 Å². The Labute approximate surface area is 217 Å². The van der Waals surface area contributed by atoms with Crippen LogP contribution in [0.15, 0.2) is 23.3 Å². The van der Waals surface area contributed by atoms with Crippen molar-refractivity contribution in [2.75, 3.05) is 43.1 Å². The van der Waals surface area contributed by atoms with Gasteiger partial charge in [0.15, 0.2) is 11.6 Å². The summed E-state index contributed by atoms with van der Waals surface area (Å²) >= 11 is 0. The van der Waals surface area contributed by atoms with Crippen molar-refractivity contribution in [2.24, 2.45) is 0 Å². The van der Waals surface area contributed by atoms with E-state index in [1.165, 1.54) is 0 Å².